The van der Waals surface area contributed by atoms with Gasteiger partial charge < -0.3 is 9.47 Å². The number of aromatic nitrogens is 1. The third-order valence-electron chi connectivity index (χ3n) is 2.76. The Labute approximate surface area is 116 Å². The SMILES string of the molecule is COC(=O)c1cccnc1C(=O)c1cccc(OC)c1. The maximum atomic E-state index is 12.4. The van der Waals surface area contributed by atoms with E-state index in [0.29, 0.717) is 11.3 Å². The van der Waals surface area contributed by atoms with Crippen LogP contribution in [-0.4, -0.2) is 31.0 Å². The normalized spacial score (nSPS) is 9.90. The molecule has 2 aromatic rings. The molecule has 0 saturated carbocycles. The van der Waals surface area contributed by atoms with Crippen LogP contribution >= 0.6 is 0 Å². The first-order valence-corrected chi connectivity index (χ1v) is 5.89. The minimum Gasteiger partial charge on any atom is -0.497 e. The molecule has 0 radical (unpaired) electrons. The molecule has 0 unspecified atom stereocenters. The monoisotopic (exact) mass is 271 g/mol. The van der Waals surface area contributed by atoms with Crippen molar-refractivity contribution >= 4 is 11.8 Å². The zero-order valence-electron chi connectivity index (χ0n) is 11.1. The second-order valence-corrected chi connectivity index (χ2v) is 3.95. The minimum absolute atomic E-state index is 0.0626. The number of hydrogen-bond acceptors (Lipinski definition) is 5. The summed E-state index contributed by atoms with van der Waals surface area (Å²) < 4.78 is 9.73. The molecule has 0 fully saturated rings. The van der Waals surface area contributed by atoms with Crippen LogP contribution in [-0.2, 0) is 4.74 Å². The van der Waals surface area contributed by atoms with Gasteiger partial charge in [-0.3, -0.25) is 9.78 Å². The van der Waals surface area contributed by atoms with Crippen LogP contribution in [0.1, 0.15) is 26.4 Å². The molecule has 0 N–H and O–H groups in total. The number of pyridine rings is 1. The van der Waals surface area contributed by atoms with Crippen LogP contribution in [0.3, 0.4) is 0 Å². The van der Waals surface area contributed by atoms with E-state index in [9.17, 15) is 9.59 Å². The topological polar surface area (TPSA) is 65.5 Å². The quantitative estimate of drug-likeness (QED) is 0.629. The minimum atomic E-state index is -0.593. The summed E-state index contributed by atoms with van der Waals surface area (Å²) >= 11 is 0. The number of ether oxygens (including phenoxy) is 2. The van der Waals surface area contributed by atoms with Crippen LogP contribution < -0.4 is 4.74 Å². The number of hydrogen-bond donors (Lipinski definition) is 0. The van der Waals surface area contributed by atoms with Crippen molar-refractivity contribution < 1.29 is 19.1 Å². The molecule has 0 aliphatic heterocycles. The highest BCUT2D eigenvalue weighted by Crippen LogP contribution is 2.17. The van der Waals surface area contributed by atoms with E-state index in [1.54, 1.807) is 30.3 Å². The average Bonchev–Trinajstić information content (AvgIpc) is 2.53. The molecule has 0 saturated heterocycles. The van der Waals surface area contributed by atoms with Gasteiger partial charge in [-0.25, -0.2) is 4.79 Å². The lowest BCUT2D eigenvalue weighted by Crippen LogP contribution is -2.13. The van der Waals surface area contributed by atoms with E-state index in [2.05, 4.69) is 9.72 Å². The van der Waals surface area contributed by atoms with E-state index in [1.807, 2.05) is 0 Å². The van der Waals surface area contributed by atoms with E-state index < -0.39 is 5.97 Å². The predicted molar refractivity (Wildman–Crippen MR) is 72.0 cm³/mol. The predicted octanol–water partition coefficient (Wildman–Crippen LogP) is 2.11. The summed E-state index contributed by atoms with van der Waals surface area (Å²) in [4.78, 5) is 28.1. The highest BCUT2D eigenvalue weighted by molar-refractivity contribution is 6.13. The number of ketones is 1. The van der Waals surface area contributed by atoms with Crippen LogP contribution in [0, 0.1) is 0 Å². The summed E-state index contributed by atoms with van der Waals surface area (Å²) in [6.07, 6.45) is 1.46. The second kappa shape index (κ2) is 5.97. The van der Waals surface area contributed by atoms with Crippen LogP contribution in [0.25, 0.3) is 0 Å². The lowest BCUT2D eigenvalue weighted by Gasteiger charge is -2.07. The van der Waals surface area contributed by atoms with Crippen molar-refractivity contribution in [2.24, 2.45) is 0 Å². The van der Waals surface area contributed by atoms with E-state index in [4.69, 9.17) is 4.74 Å². The molecule has 1 aromatic carbocycles. The highest BCUT2D eigenvalue weighted by atomic mass is 16.5. The number of carbonyl (C=O) groups excluding carboxylic acids is 2. The van der Waals surface area contributed by atoms with Gasteiger partial charge in [0.15, 0.2) is 0 Å². The van der Waals surface area contributed by atoms with Crippen LogP contribution in [0.2, 0.25) is 0 Å². The number of esters is 1. The number of nitrogens with zero attached hydrogens (tertiary/aromatic N) is 1. The Kier molecular flexibility index (Phi) is 4.10. The Hall–Kier alpha value is -2.69. The molecule has 0 bridgehead atoms. The summed E-state index contributed by atoms with van der Waals surface area (Å²) in [5.74, 6) is -0.388. The number of carbonyl (C=O) groups is 2. The Balaban J connectivity index is 2.45. The molecule has 2 rings (SSSR count). The average molecular weight is 271 g/mol. The summed E-state index contributed by atoms with van der Waals surface area (Å²) in [5.41, 5.74) is 0.601. The Morgan fingerprint density at radius 3 is 2.60 bits per heavy atom. The lowest BCUT2D eigenvalue weighted by molar-refractivity contribution is 0.0597. The number of methoxy groups -OCH3 is 2. The molecule has 102 valence electrons. The van der Waals surface area contributed by atoms with Crippen LogP contribution in [0.15, 0.2) is 42.6 Å². The van der Waals surface area contributed by atoms with Crippen molar-refractivity contribution in [1.29, 1.82) is 0 Å². The second-order valence-electron chi connectivity index (χ2n) is 3.95. The summed E-state index contributed by atoms with van der Waals surface area (Å²) in [6, 6.07) is 9.75. The molecule has 0 aliphatic carbocycles. The van der Waals surface area contributed by atoms with Gasteiger partial charge in [0.2, 0.25) is 5.78 Å². The fourth-order valence-corrected chi connectivity index (χ4v) is 1.76. The summed E-state index contributed by atoms with van der Waals surface area (Å²) in [6.45, 7) is 0. The summed E-state index contributed by atoms with van der Waals surface area (Å²) in [7, 11) is 2.78. The first-order chi connectivity index (χ1) is 9.67. The van der Waals surface area contributed by atoms with Gasteiger partial charge in [-0.05, 0) is 24.3 Å². The van der Waals surface area contributed by atoms with Gasteiger partial charge in [-0.2, -0.15) is 0 Å². The van der Waals surface area contributed by atoms with E-state index >= 15 is 0 Å². The lowest BCUT2D eigenvalue weighted by atomic mass is 10.0. The fraction of sp³-hybridized carbons (Fsp3) is 0.133. The van der Waals surface area contributed by atoms with E-state index in [-0.39, 0.29) is 17.0 Å². The molecule has 0 atom stereocenters. The van der Waals surface area contributed by atoms with Crippen molar-refractivity contribution in [3.05, 3.63) is 59.4 Å². The van der Waals surface area contributed by atoms with Crippen molar-refractivity contribution in [3.8, 4) is 5.75 Å². The van der Waals surface area contributed by atoms with E-state index in [1.165, 1.54) is 26.5 Å². The fourth-order valence-electron chi connectivity index (χ4n) is 1.76. The highest BCUT2D eigenvalue weighted by Gasteiger charge is 2.20. The standard InChI is InChI=1S/C15H13NO4/c1-19-11-6-3-5-10(9-11)14(17)13-12(15(18)20-2)7-4-8-16-13/h3-9H,1-2H3. The number of benzene rings is 1. The largest absolute Gasteiger partial charge is 0.497 e. The van der Waals surface area contributed by atoms with Gasteiger partial charge in [0.05, 0.1) is 19.8 Å². The Bertz CT molecular complexity index is 652. The van der Waals surface area contributed by atoms with Crippen molar-refractivity contribution in [1.82, 2.24) is 4.98 Å². The third-order valence-corrected chi connectivity index (χ3v) is 2.76. The van der Waals surface area contributed by atoms with Gasteiger partial charge in [0, 0.05) is 11.8 Å². The molecule has 1 heterocycles. The van der Waals surface area contributed by atoms with Crippen molar-refractivity contribution in [2.75, 3.05) is 14.2 Å². The van der Waals surface area contributed by atoms with Gasteiger partial charge >= 0.3 is 5.97 Å². The molecule has 5 nitrogen and oxygen atoms in total. The van der Waals surface area contributed by atoms with Crippen molar-refractivity contribution in [2.45, 2.75) is 0 Å². The molecule has 20 heavy (non-hydrogen) atoms. The molecular formula is C15H13NO4. The first-order valence-electron chi connectivity index (χ1n) is 5.89. The van der Waals surface area contributed by atoms with E-state index in [0.717, 1.165) is 0 Å². The zero-order chi connectivity index (χ0) is 14.5. The maximum absolute atomic E-state index is 12.4. The smallest absolute Gasteiger partial charge is 0.340 e. The molecule has 1 aromatic heterocycles. The number of rotatable bonds is 4. The van der Waals surface area contributed by atoms with Crippen LogP contribution in [0.4, 0.5) is 0 Å². The molecule has 0 spiro atoms. The third kappa shape index (κ3) is 2.66. The van der Waals surface area contributed by atoms with Gasteiger partial charge in [-0.15, -0.1) is 0 Å². The Morgan fingerprint density at radius 2 is 1.90 bits per heavy atom. The molecule has 5 heteroatoms. The van der Waals surface area contributed by atoms with Gasteiger partial charge in [0.25, 0.3) is 0 Å². The van der Waals surface area contributed by atoms with Crippen molar-refractivity contribution in [3.63, 3.8) is 0 Å². The molecular weight excluding hydrogens is 258 g/mol. The summed E-state index contributed by atoms with van der Waals surface area (Å²) in [5, 5.41) is 0. The van der Waals surface area contributed by atoms with Crippen LogP contribution in [0.5, 0.6) is 5.75 Å². The van der Waals surface area contributed by atoms with Gasteiger partial charge in [0.1, 0.15) is 11.4 Å². The van der Waals surface area contributed by atoms with Gasteiger partial charge in [-0.1, -0.05) is 12.1 Å². The Morgan fingerprint density at radius 1 is 1.10 bits per heavy atom. The maximum Gasteiger partial charge on any atom is 0.340 e. The zero-order valence-corrected chi connectivity index (χ0v) is 11.1. The molecule has 0 amide bonds. The molecule has 0 aliphatic rings. The first kappa shape index (κ1) is 13.7.